The minimum absolute atomic E-state index is 0.155. The number of anilines is 1. The summed E-state index contributed by atoms with van der Waals surface area (Å²) in [7, 11) is -1.29. The van der Waals surface area contributed by atoms with Crippen molar-refractivity contribution in [3.63, 3.8) is 0 Å². The molecule has 0 bridgehead atoms. The van der Waals surface area contributed by atoms with E-state index < -0.39 is 11.0 Å². The average Bonchev–Trinajstić information content (AvgIpc) is 2.58. The molecule has 0 spiro atoms. The number of hydrogen-bond donors (Lipinski definition) is 1. The molecule has 0 saturated carbocycles. The molecule has 122 valence electrons. The Kier molecular flexibility index (Phi) is 5.05. The summed E-state index contributed by atoms with van der Waals surface area (Å²) in [5, 5.41) is 0.662. The number of nitrogens with one attached hydrogen (secondary N) is 1. The van der Waals surface area contributed by atoms with Crippen LogP contribution in [0, 0.1) is 0 Å². The topological polar surface area (TPSA) is 38.3 Å². The van der Waals surface area contributed by atoms with E-state index in [9.17, 15) is 4.21 Å². The molecule has 0 radical (unpaired) electrons. The van der Waals surface area contributed by atoms with Crippen molar-refractivity contribution in [1.82, 2.24) is 0 Å². The van der Waals surface area contributed by atoms with Crippen LogP contribution in [-0.4, -0.2) is 17.4 Å². The van der Waals surface area contributed by atoms with Crippen LogP contribution in [-0.2, 0) is 21.1 Å². The Labute approximate surface area is 144 Å². The van der Waals surface area contributed by atoms with Crippen LogP contribution in [0.2, 0.25) is 5.02 Å². The van der Waals surface area contributed by atoms with Crippen molar-refractivity contribution in [2.24, 2.45) is 0 Å². The Morgan fingerprint density at radius 3 is 2.26 bits per heavy atom. The molecule has 0 aromatic heterocycles. The van der Waals surface area contributed by atoms with E-state index in [1.54, 1.807) is 12.1 Å². The largest absolute Gasteiger partial charge is 0.381 e. The van der Waals surface area contributed by atoms with Gasteiger partial charge in [0.1, 0.15) is 11.0 Å². The molecule has 1 aliphatic rings. The van der Waals surface area contributed by atoms with Crippen LogP contribution in [0.1, 0.15) is 25.3 Å². The molecular formula is C18H20ClNO2S. The monoisotopic (exact) mass is 349 g/mol. The lowest BCUT2D eigenvalue weighted by Crippen LogP contribution is -2.30. The van der Waals surface area contributed by atoms with Crippen molar-refractivity contribution in [1.29, 1.82) is 0 Å². The second-order valence-electron chi connectivity index (χ2n) is 6.08. The first-order valence-corrected chi connectivity index (χ1v) is 9.22. The maximum absolute atomic E-state index is 12.4. The van der Waals surface area contributed by atoms with Crippen LogP contribution >= 0.6 is 11.6 Å². The molecule has 3 nitrogen and oxygen atoms in total. The standard InChI is InChI=1S/C18H20ClNO2S/c1-18(10-12-22-13-11-18)14-2-8-17(9-3-14)23(21)20-16-6-4-15(19)5-7-16/h2-9,20H,10-13H2,1H3. The van der Waals surface area contributed by atoms with Crippen LogP contribution in [0.3, 0.4) is 0 Å². The maximum atomic E-state index is 12.4. The van der Waals surface area contributed by atoms with Gasteiger partial charge in [0.25, 0.3) is 0 Å². The summed E-state index contributed by atoms with van der Waals surface area (Å²) in [6.45, 7) is 3.89. The lowest BCUT2D eigenvalue weighted by Gasteiger charge is -2.34. The highest BCUT2D eigenvalue weighted by atomic mass is 35.5. The Balaban J connectivity index is 1.71. The number of halogens is 1. The van der Waals surface area contributed by atoms with Gasteiger partial charge in [-0.2, -0.15) is 0 Å². The highest BCUT2D eigenvalue weighted by molar-refractivity contribution is 7.86. The number of hydrogen-bond acceptors (Lipinski definition) is 2. The summed E-state index contributed by atoms with van der Waals surface area (Å²) in [6, 6.07) is 15.2. The van der Waals surface area contributed by atoms with Gasteiger partial charge in [0, 0.05) is 23.9 Å². The second kappa shape index (κ2) is 7.04. The SMILES string of the molecule is CC1(c2ccc(S(=O)Nc3ccc(Cl)cc3)cc2)CCOCC1. The fourth-order valence-corrected chi connectivity index (χ4v) is 3.75. The molecule has 1 fully saturated rings. The highest BCUT2D eigenvalue weighted by Gasteiger charge is 2.29. The maximum Gasteiger partial charge on any atom is 0.150 e. The molecule has 23 heavy (non-hydrogen) atoms. The molecule has 1 unspecified atom stereocenters. The van der Waals surface area contributed by atoms with Crippen LogP contribution in [0.25, 0.3) is 0 Å². The van der Waals surface area contributed by atoms with Gasteiger partial charge in [-0.25, -0.2) is 4.21 Å². The Bertz CT molecular complexity index is 679. The van der Waals surface area contributed by atoms with E-state index in [4.69, 9.17) is 16.3 Å². The predicted molar refractivity (Wildman–Crippen MR) is 95.3 cm³/mol. The summed E-state index contributed by atoms with van der Waals surface area (Å²) < 4.78 is 20.9. The zero-order valence-electron chi connectivity index (χ0n) is 13.0. The van der Waals surface area contributed by atoms with Gasteiger partial charge in [0.15, 0.2) is 0 Å². The first-order valence-electron chi connectivity index (χ1n) is 7.69. The number of rotatable bonds is 4. The quantitative estimate of drug-likeness (QED) is 0.879. The van der Waals surface area contributed by atoms with Crippen LogP contribution in [0.4, 0.5) is 5.69 Å². The Morgan fingerprint density at radius 2 is 1.65 bits per heavy atom. The molecule has 0 aliphatic carbocycles. The number of benzene rings is 2. The molecule has 5 heteroatoms. The van der Waals surface area contributed by atoms with E-state index in [-0.39, 0.29) is 5.41 Å². The number of ether oxygens (including phenoxy) is 1. The highest BCUT2D eigenvalue weighted by Crippen LogP contribution is 2.34. The van der Waals surface area contributed by atoms with E-state index in [1.165, 1.54) is 5.56 Å². The van der Waals surface area contributed by atoms with E-state index >= 15 is 0 Å². The zero-order valence-corrected chi connectivity index (χ0v) is 14.6. The van der Waals surface area contributed by atoms with Gasteiger partial charge in [-0.15, -0.1) is 0 Å². The van der Waals surface area contributed by atoms with Crippen molar-refractivity contribution in [2.45, 2.75) is 30.1 Å². The molecule has 1 aliphatic heterocycles. The van der Waals surface area contributed by atoms with Crippen LogP contribution in [0.15, 0.2) is 53.4 Å². The van der Waals surface area contributed by atoms with Crippen molar-refractivity contribution < 1.29 is 8.95 Å². The van der Waals surface area contributed by atoms with Gasteiger partial charge in [-0.05, 0) is 60.2 Å². The first-order chi connectivity index (χ1) is 11.1. The van der Waals surface area contributed by atoms with Crippen LogP contribution in [0.5, 0.6) is 0 Å². The summed E-state index contributed by atoms with van der Waals surface area (Å²) in [4.78, 5) is 0.763. The third kappa shape index (κ3) is 3.94. The van der Waals surface area contributed by atoms with E-state index in [0.29, 0.717) is 5.02 Å². The summed E-state index contributed by atoms with van der Waals surface area (Å²) in [6.07, 6.45) is 2.05. The minimum atomic E-state index is -1.29. The summed E-state index contributed by atoms with van der Waals surface area (Å²) >= 11 is 5.86. The lowest BCUT2D eigenvalue weighted by molar-refractivity contribution is 0.0564. The molecule has 2 aromatic rings. The Hall–Kier alpha value is -1.36. The molecule has 0 amide bonds. The van der Waals surface area contributed by atoms with E-state index in [0.717, 1.165) is 36.6 Å². The van der Waals surface area contributed by atoms with Crippen molar-refractivity contribution in [2.75, 3.05) is 17.9 Å². The molecule has 1 atom stereocenters. The van der Waals surface area contributed by atoms with E-state index in [1.807, 2.05) is 24.3 Å². The van der Waals surface area contributed by atoms with Gasteiger partial charge in [0.05, 0.1) is 4.90 Å². The molecule has 1 N–H and O–H groups in total. The molecular weight excluding hydrogens is 330 g/mol. The molecule has 1 heterocycles. The summed E-state index contributed by atoms with van der Waals surface area (Å²) in [5.41, 5.74) is 2.23. The smallest absolute Gasteiger partial charge is 0.150 e. The van der Waals surface area contributed by atoms with Gasteiger partial charge in [0.2, 0.25) is 0 Å². The van der Waals surface area contributed by atoms with E-state index in [2.05, 4.69) is 23.8 Å². The minimum Gasteiger partial charge on any atom is -0.381 e. The van der Waals surface area contributed by atoms with Gasteiger partial charge in [-0.1, -0.05) is 30.7 Å². The predicted octanol–water partition coefficient (Wildman–Crippen LogP) is 4.54. The molecule has 2 aromatic carbocycles. The first kappa shape index (κ1) is 16.5. The lowest BCUT2D eigenvalue weighted by atomic mass is 9.76. The van der Waals surface area contributed by atoms with Crippen molar-refractivity contribution >= 4 is 28.3 Å². The van der Waals surface area contributed by atoms with Crippen LogP contribution < -0.4 is 4.72 Å². The Morgan fingerprint density at radius 1 is 1.04 bits per heavy atom. The average molecular weight is 350 g/mol. The summed E-state index contributed by atoms with van der Waals surface area (Å²) in [5.74, 6) is 0. The normalized spacial score (nSPS) is 18.3. The van der Waals surface area contributed by atoms with Gasteiger partial charge in [-0.3, -0.25) is 0 Å². The third-order valence-electron chi connectivity index (χ3n) is 4.42. The second-order valence-corrected chi connectivity index (χ2v) is 7.72. The van der Waals surface area contributed by atoms with Gasteiger partial charge < -0.3 is 9.46 Å². The fraction of sp³-hybridized carbons (Fsp3) is 0.333. The fourth-order valence-electron chi connectivity index (χ4n) is 2.78. The third-order valence-corrected chi connectivity index (χ3v) is 5.79. The van der Waals surface area contributed by atoms with Crippen molar-refractivity contribution in [3.8, 4) is 0 Å². The zero-order chi connectivity index (χ0) is 16.3. The molecule has 1 saturated heterocycles. The van der Waals surface area contributed by atoms with Crippen molar-refractivity contribution in [3.05, 3.63) is 59.1 Å². The van der Waals surface area contributed by atoms with Gasteiger partial charge >= 0.3 is 0 Å². The molecule has 3 rings (SSSR count).